The third-order valence-corrected chi connectivity index (χ3v) is 4.56. The number of amides is 1. The smallest absolute Gasteiger partial charge is 0.251 e. The van der Waals surface area contributed by atoms with Gasteiger partial charge in [-0.25, -0.2) is 4.68 Å². The molecule has 0 saturated heterocycles. The van der Waals surface area contributed by atoms with Crippen molar-refractivity contribution in [1.29, 1.82) is 0 Å². The second kappa shape index (κ2) is 7.44. The lowest BCUT2D eigenvalue weighted by Gasteiger charge is -2.15. The molecule has 1 heterocycles. The van der Waals surface area contributed by atoms with Crippen LogP contribution < -0.4 is 10.1 Å². The molecule has 0 aliphatic heterocycles. The molecule has 0 aliphatic rings. The molecule has 0 fully saturated rings. The van der Waals surface area contributed by atoms with Crippen molar-refractivity contribution in [1.82, 2.24) is 15.1 Å². The topological polar surface area (TPSA) is 56.1 Å². The van der Waals surface area contributed by atoms with Crippen molar-refractivity contribution >= 4 is 5.91 Å². The first-order valence-electron chi connectivity index (χ1n) is 8.56. The average molecular weight is 349 g/mol. The van der Waals surface area contributed by atoms with Gasteiger partial charge in [0.05, 0.1) is 25.0 Å². The van der Waals surface area contributed by atoms with Crippen LogP contribution in [-0.4, -0.2) is 22.8 Å². The zero-order valence-corrected chi connectivity index (χ0v) is 15.5. The first-order chi connectivity index (χ1) is 12.5. The number of hydrogen-bond acceptors (Lipinski definition) is 3. The van der Waals surface area contributed by atoms with Crippen molar-refractivity contribution in [2.24, 2.45) is 0 Å². The largest absolute Gasteiger partial charge is 0.497 e. The lowest BCUT2D eigenvalue weighted by Crippen LogP contribution is -2.26. The second-order valence-corrected chi connectivity index (χ2v) is 6.31. The molecule has 1 N–H and O–H groups in total. The number of carbonyl (C=O) groups is 1. The quantitative estimate of drug-likeness (QED) is 0.758. The van der Waals surface area contributed by atoms with Crippen LogP contribution in [0.15, 0.2) is 54.7 Å². The number of aryl methyl sites for hydroxylation is 1. The fourth-order valence-electron chi connectivity index (χ4n) is 2.99. The molecule has 1 amide bonds. The molecule has 0 radical (unpaired) electrons. The van der Waals surface area contributed by atoms with Crippen LogP contribution in [0.3, 0.4) is 0 Å². The van der Waals surface area contributed by atoms with E-state index in [2.05, 4.69) is 23.4 Å². The van der Waals surface area contributed by atoms with Crippen molar-refractivity contribution in [2.75, 3.05) is 7.11 Å². The summed E-state index contributed by atoms with van der Waals surface area (Å²) in [4.78, 5) is 12.5. The Morgan fingerprint density at radius 2 is 1.81 bits per heavy atom. The van der Waals surface area contributed by atoms with Gasteiger partial charge in [-0.3, -0.25) is 4.79 Å². The summed E-state index contributed by atoms with van der Waals surface area (Å²) in [5.41, 5.74) is 4.81. The number of carbonyl (C=O) groups excluding carboxylic acids is 1. The summed E-state index contributed by atoms with van der Waals surface area (Å²) in [7, 11) is 1.60. The SMILES string of the molecule is COc1ccc(C(=O)N[C@@H](C)c2cnn(-c3ccccc3C)c2C)cc1. The molecule has 0 aliphatic carbocycles. The van der Waals surface area contributed by atoms with Crippen molar-refractivity contribution in [3.63, 3.8) is 0 Å². The van der Waals surface area contributed by atoms with E-state index >= 15 is 0 Å². The molecule has 0 bridgehead atoms. The van der Waals surface area contributed by atoms with Crippen molar-refractivity contribution in [2.45, 2.75) is 26.8 Å². The Morgan fingerprint density at radius 3 is 2.46 bits per heavy atom. The Labute approximate surface area is 153 Å². The number of nitrogens with one attached hydrogen (secondary N) is 1. The van der Waals surface area contributed by atoms with Gasteiger partial charge in [-0.1, -0.05) is 18.2 Å². The van der Waals surface area contributed by atoms with Gasteiger partial charge in [-0.15, -0.1) is 0 Å². The Kier molecular flexibility index (Phi) is 5.07. The number of rotatable bonds is 5. The minimum Gasteiger partial charge on any atom is -0.497 e. The molecular formula is C21H23N3O2. The number of hydrogen-bond donors (Lipinski definition) is 1. The van der Waals surface area contributed by atoms with Gasteiger partial charge in [0, 0.05) is 16.8 Å². The van der Waals surface area contributed by atoms with Crippen LogP contribution in [0.5, 0.6) is 5.75 Å². The van der Waals surface area contributed by atoms with E-state index in [4.69, 9.17) is 4.74 Å². The summed E-state index contributed by atoms with van der Waals surface area (Å²) in [6.07, 6.45) is 1.82. The zero-order chi connectivity index (χ0) is 18.7. The summed E-state index contributed by atoms with van der Waals surface area (Å²) in [5, 5.41) is 7.56. The summed E-state index contributed by atoms with van der Waals surface area (Å²) in [6, 6.07) is 15.0. The highest BCUT2D eigenvalue weighted by Crippen LogP contribution is 2.22. The second-order valence-electron chi connectivity index (χ2n) is 6.31. The van der Waals surface area contributed by atoms with Crippen LogP contribution in [0.1, 0.15) is 40.1 Å². The van der Waals surface area contributed by atoms with E-state index < -0.39 is 0 Å². The van der Waals surface area contributed by atoms with E-state index in [1.54, 1.807) is 31.4 Å². The molecule has 0 unspecified atom stereocenters. The van der Waals surface area contributed by atoms with E-state index in [1.807, 2.05) is 42.9 Å². The van der Waals surface area contributed by atoms with Gasteiger partial charge >= 0.3 is 0 Å². The van der Waals surface area contributed by atoms with Crippen LogP contribution in [0.2, 0.25) is 0 Å². The maximum absolute atomic E-state index is 12.5. The highest BCUT2D eigenvalue weighted by Gasteiger charge is 2.17. The Morgan fingerprint density at radius 1 is 1.12 bits per heavy atom. The standard InChI is InChI=1S/C21H23N3O2/c1-14-7-5-6-8-20(14)24-16(3)19(13-22-24)15(2)23-21(25)17-9-11-18(26-4)12-10-17/h5-13,15H,1-4H3,(H,23,25)/t15-/m0/s1. The molecule has 0 spiro atoms. The predicted octanol–water partition coefficient (Wildman–Crippen LogP) is 3.99. The number of ether oxygens (including phenoxy) is 1. The minimum absolute atomic E-state index is 0.122. The molecule has 26 heavy (non-hydrogen) atoms. The summed E-state index contributed by atoms with van der Waals surface area (Å²) in [6.45, 7) is 6.05. The van der Waals surface area contributed by atoms with Gasteiger partial charge < -0.3 is 10.1 Å². The van der Waals surface area contributed by atoms with Gasteiger partial charge in [0.1, 0.15) is 5.75 Å². The highest BCUT2D eigenvalue weighted by molar-refractivity contribution is 5.94. The molecule has 5 heteroatoms. The number of nitrogens with zero attached hydrogens (tertiary/aromatic N) is 2. The predicted molar refractivity (Wildman–Crippen MR) is 102 cm³/mol. The lowest BCUT2D eigenvalue weighted by atomic mass is 10.1. The van der Waals surface area contributed by atoms with Crippen LogP contribution in [0.25, 0.3) is 5.69 Å². The number of methoxy groups -OCH3 is 1. The fraction of sp³-hybridized carbons (Fsp3) is 0.238. The fourth-order valence-corrected chi connectivity index (χ4v) is 2.99. The van der Waals surface area contributed by atoms with Gasteiger partial charge in [0.25, 0.3) is 5.91 Å². The van der Waals surface area contributed by atoms with Crippen LogP contribution in [-0.2, 0) is 0 Å². The molecule has 3 aromatic rings. The van der Waals surface area contributed by atoms with Crippen molar-refractivity contribution in [3.8, 4) is 11.4 Å². The third-order valence-electron chi connectivity index (χ3n) is 4.56. The average Bonchev–Trinajstić information content (AvgIpc) is 3.03. The number of para-hydroxylation sites is 1. The Hall–Kier alpha value is -3.08. The third kappa shape index (κ3) is 3.47. The minimum atomic E-state index is -0.151. The van der Waals surface area contributed by atoms with E-state index in [-0.39, 0.29) is 11.9 Å². The zero-order valence-electron chi connectivity index (χ0n) is 15.5. The molecule has 3 rings (SSSR count). The van der Waals surface area contributed by atoms with E-state index in [1.165, 1.54) is 0 Å². The first kappa shape index (κ1) is 17.7. The first-order valence-corrected chi connectivity index (χ1v) is 8.56. The van der Waals surface area contributed by atoms with Crippen molar-refractivity contribution < 1.29 is 9.53 Å². The van der Waals surface area contributed by atoms with Gasteiger partial charge in [0.15, 0.2) is 0 Å². The number of aromatic nitrogens is 2. The van der Waals surface area contributed by atoms with Crippen molar-refractivity contribution in [3.05, 3.63) is 77.1 Å². The molecule has 134 valence electrons. The van der Waals surface area contributed by atoms with Crippen LogP contribution in [0.4, 0.5) is 0 Å². The Balaban J connectivity index is 1.79. The maximum Gasteiger partial charge on any atom is 0.251 e. The molecule has 1 atom stereocenters. The van der Waals surface area contributed by atoms with Gasteiger partial charge in [-0.2, -0.15) is 5.10 Å². The molecule has 1 aromatic heterocycles. The Bertz CT molecular complexity index is 913. The van der Waals surface area contributed by atoms with Gasteiger partial charge in [-0.05, 0) is 56.7 Å². The van der Waals surface area contributed by atoms with Crippen LogP contribution >= 0.6 is 0 Å². The monoisotopic (exact) mass is 349 g/mol. The molecule has 5 nitrogen and oxygen atoms in total. The van der Waals surface area contributed by atoms with Gasteiger partial charge in [0.2, 0.25) is 0 Å². The summed E-state index contributed by atoms with van der Waals surface area (Å²) in [5.74, 6) is 0.605. The molecular weight excluding hydrogens is 326 g/mol. The number of benzene rings is 2. The normalized spacial score (nSPS) is 11.8. The summed E-state index contributed by atoms with van der Waals surface area (Å²) < 4.78 is 7.04. The highest BCUT2D eigenvalue weighted by atomic mass is 16.5. The van der Waals surface area contributed by atoms with E-state index in [0.717, 1.165) is 28.3 Å². The molecule has 0 saturated carbocycles. The van der Waals surface area contributed by atoms with Crippen LogP contribution in [0, 0.1) is 13.8 Å². The summed E-state index contributed by atoms with van der Waals surface area (Å²) >= 11 is 0. The van der Waals surface area contributed by atoms with E-state index in [0.29, 0.717) is 5.56 Å². The lowest BCUT2D eigenvalue weighted by molar-refractivity contribution is 0.0940. The molecule has 2 aromatic carbocycles. The van der Waals surface area contributed by atoms with E-state index in [9.17, 15) is 4.79 Å². The maximum atomic E-state index is 12.5.